The first-order valence-corrected chi connectivity index (χ1v) is 9.72. The minimum Gasteiger partial charge on any atom is -0.393 e. The maximum Gasteiger partial charge on any atom is 0.0867 e. The third-order valence-corrected chi connectivity index (χ3v) is 8.85. The summed E-state index contributed by atoms with van der Waals surface area (Å²) in [4.78, 5) is 6.22. The number of hydrogen-bond acceptors (Lipinski definition) is 4. The molecule has 23 heavy (non-hydrogen) atoms. The Morgan fingerprint density at radius 3 is 2.65 bits per heavy atom. The van der Waals surface area contributed by atoms with Gasteiger partial charge in [-0.05, 0) is 68.1 Å². The van der Waals surface area contributed by atoms with Gasteiger partial charge in [0.1, 0.15) is 0 Å². The molecule has 5 fully saturated rings. The number of aliphatic hydroxyl groups excluding tert-OH is 2. The minimum absolute atomic E-state index is 0.0778. The highest BCUT2D eigenvalue weighted by Crippen LogP contribution is 2.65. The molecule has 4 aliphatic carbocycles. The van der Waals surface area contributed by atoms with Gasteiger partial charge in [0, 0.05) is 19.4 Å². The van der Waals surface area contributed by atoms with E-state index in [1.54, 1.807) is 0 Å². The molecule has 4 heteroatoms. The zero-order chi connectivity index (χ0) is 16.0. The smallest absolute Gasteiger partial charge is 0.0867 e. The van der Waals surface area contributed by atoms with E-state index in [1.807, 2.05) is 0 Å². The van der Waals surface area contributed by atoms with E-state index in [9.17, 15) is 10.2 Å². The lowest BCUT2D eigenvalue weighted by Gasteiger charge is -2.58. The fourth-order valence-corrected chi connectivity index (χ4v) is 7.81. The van der Waals surface area contributed by atoms with E-state index in [2.05, 4.69) is 19.0 Å². The molecule has 5 aliphatic rings. The van der Waals surface area contributed by atoms with Crippen molar-refractivity contribution in [3.8, 4) is 0 Å². The first-order chi connectivity index (χ1) is 11.0. The van der Waals surface area contributed by atoms with Crippen molar-refractivity contribution in [2.75, 3.05) is 7.05 Å². The number of hydrogen-bond donors (Lipinski definition) is 2. The molecule has 5 rings (SSSR count). The number of fused-ring (bicyclic) bond motifs is 3. The van der Waals surface area contributed by atoms with E-state index in [-0.39, 0.29) is 29.3 Å². The van der Waals surface area contributed by atoms with E-state index in [0.29, 0.717) is 11.8 Å². The number of aliphatic hydroxyl groups is 2. The van der Waals surface area contributed by atoms with Crippen LogP contribution in [0.15, 0.2) is 0 Å². The van der Waals surface area contributed by atoms with Gasteiger partial charge in [0.2, 0.25) is 0 Å². The Morgan fingerprint density at radius 1 is 1.04 bits per heavy atom. The Labute approximate surface area is 139 Å². The summed E-state index contributed by atoms with van der Waals surface area (Å²) in [6.07, 6.45) is 8.66. The summed E-state index contributed by atoms with van der Waals surface area (Å²) in [6.45, 7) is 2.35. The molecule has 0 spiro atoms. The normalized spacial score (nSPS) is 61.8. The fraction of sp³-hybridized carbons (Fsp3) is 1.00. The van der Waals surface area contributed by atoms with Gasteiger partial charge in [-0.15, -0.1) is 0 Å². The Bertz CT molecular complexity index is 513. The van der Waals surface area contributed by atoms with Gasteiger partial charge in [0.05, 0.1) is 23.9 Å². The van der Waals surface area contributed by atoms with Crippen LogP contribution < -0.4 is 0 Å². The van der Waals surface area contributed by atoms with Crippen molar-refractivity contribution in [2.24, 2.45) is 29.1 Å². The first-order valence-electron chi connectivity index (χ1n) is 9.72. The van der Waals surface area contributed by atoms with Crippen molar-refractivity contribution in [3.05, 3.63) is 0 Å². The topological polar surface area (TPSA) is 52.9 Å². The van der Waals surface area contributed by atoms with E-state index in [4.69, 9.17) is 4.84 Å². The summed E-state index contributed by atoms with van der Waals surface area (Å²) in [7, 11) is 2.09. The van der Waals surface area contributed by atoms with Gasteiger partial charge in [-0.2, -0.15) is 5.06 Å². The lowest BCUT2D eigenvalue weighted by atomic mass is 9.48. The molecule has 1 heterocycles. The Hall–Kier alpha value is -0.160. The summed E-state index contributed by atoms with van der Waals surface area (Å²) in [5.74, 6) is 2.79. The molecule has 0 aromatic carbocycles. The van der Waals surface area contributed by atoms with Crippen molar-refractivity contribution in [2.45, 2.75) is 82.1 Å². The lowest BCUT2D eigenvalue weighted by Crippen LogP contribution is -2.60. The molecule has 9 atom stereocenters. The molecule has 0 aromatic rings. The van der Waals surface area contributed by atoms with E-state index >= 15 is 0 Å². The quantitative estimate of drug-likeness (QED) is 0.719. The first kappa shape index (κ1) is 15.1. The van der Waals surface area contributed by atoms with Crippen LogP contribution in [0.2, 0.25) is 0 Å². The van der Waals surface area contributed by atoms with Gasteiger partial charge in [-0.25, -0.2) is 0 Å². The van der Waals surface area contributed by atoms with Crippen molar-refractivity contribution in [1.82, 2.24) is 5.06 Å². The maximum absolute atomic E-state index is 10.5. The standard InChI is InChI=1S/C19H31NO3/c1-18-7-5-13-12(14(18)3-4-16(18)22)6-8-19-10-11(21)9-15(17(13)19)23-20(19)2/h11-17,21-22H,3-10H2,1-2H3/t11-,12+,13-,14-,15+,16-,17-,18-,19-/m0/s1. The molecule has 1 saturated heterocycles. The van der Waals surface area contributed by atoms with Crippen LogP contribution in [0.4, 0.5) is 0 Å². The van der Waals surface area contributed by atoms with E-state index in [1.165, 1.54) is 25.7 Å². The lowest BCUT2D eigenvalue weighted by molar-refractivity contribution is -0.166. The van der Waals surface area contributed by atoms with Crippen molar-refractivity contribution in [3.63, 3.8) is 0 Å². The molecule has 0 radical (unpaired) electrons. The fourth-order valence-electron chi connectivity index (χ4n) is 7.81. The van der Waals surface area contributed by atoms with E-state index < -0.39 is 0 Å². The zero-order valence-electron chi connectivity index (χ0n) is 14.4. The Morgan fingerprint density at radius 2 is 1.83 bits per heavy atom. The predicted octanol–water partition coefficient (Wildman–Crippen LogP) is 2.34. The van der Waals surface area contributed by atoms with Crippen molar-refractivity contribution >= 4 is 0 Å². The highest BCUT2D eigenvalue weighted by molar-refractivity contribution is 5.15. The molecular weight excluding hydrogens is 290 g/mol. The van der Waals surface area contributed by atoms with Crippen LogP contribution in [0.5, 0.6) is 0 Å². The van der Waals surface area contributed by atoms with Crippen LogP contribution in [0.1, 0.15) is 58.3 Å². The van der Waals surface area contributed by atoms with Crippen LogP contribution in [0.25, 0.3) is 0 Å². The molecule has 4 nitrogen and oxygen atoms in total. The van der Waals surface area contributed by atoms with Crippen LogP contribution >= 0.6 is 0 Å². The highest BCUT2D eigenvalue weighted by Gasteiger charge is 2.66. The van der Waals surface area contributed by atoms with Crippen LogP contribution in [0, 0.1) is 29.1 Å². The summed E-state index contributed by atoms with van der Waals surface area (Å²) < 4.78 is 0. The van der Waals surface area contributed by atoms with Gasteiger partial charge in [-0.1, -0.05) is 6.92 Å². The summed E-state index contributed by atoms with van der Waals surface area (Å²) in [6, 6.07) is 0. The average Bonchev–Trinajstić information content (AvgIpc) is 2.91. The van der Waals surface area contributed by atoms with Crippen molar-refractivity contribution < 1.29 is 15.1 Å². The van der Waals surface area contributed by atoms with Crippen LogP contribution in [-0.2, 0) is 4.84 Å². The third-order valence-electron chi connectivity index (χ3n) is 8.85. The Balaban J connectivity index is 1.50. The second-order valence-electron chi connectivity index (χ2n) is 9.47. The van der Waals surface area contributed by atoms with Crippen LogP contribution in [0.3, 0.4) is 0 Å². The van der Waals surface area contributed by atoms with Crippen molar-refractivity contribution in [1.29, 1.82) is 0 Å². The number of hydroxylamine groups is 2. The zero-order valence-corrected chi connectivity index (χ0v) is 14.4. The highest BCUT2D eigenvalue weighted by atomic mass is 16.7. The largest absolute Gasteiger partial charge is 0.393 e. The minimum atomic E-state index is -0.195. The Kier molecular flexibility index (Phi) is 3.10. The second kappa shape index (κ2) is 4.72. The third kappa shape index (κ3) is 1.76. The molecule has 130 valence electrons. The van der Waals surface area contributed by atoms with Gasteiger partial charge >= 0.3 is 0 Å². The number of nitrogens with zero attached hydrogens (tertiary/aromatic N) is 1. The molecule has 1 aliphatic heterocycles. The summed E-state index contributed by atoms with van der Waals surface area (Å²) in [5, 5.41) is 23.0. The maximum atomic E-state index is 10.5. The average molecular weight is 321 g/mol. The SMILES string of the molecule is CN1O[C@@H]2C[C@H](O)C[C@]13CC[C@@H]1[C@H](CC[C@]4(C)[C@@H](O)CC[C@@H]14)[C@@H]23. The van der Waals surface area contributed by atoms with Gasteiger partial charge in [-0.3, -0.25) is 4.84 Å². The monoisotopic (exact) mass is 321 g/mol. The van der Waals surface area contributed by atoms with Gasteiger partial charge < -0.3 is 10.2 Å². The summed E-state index contributed by atoms with van der Waals surface area (Å²) >= 11 is 0. The second-order valence-corrected chi connectivity index (χ2v) is 9.47. The van der Waals surface area contributed by atoms with Gasteiger partial charge in [0.15, 0.2) is 0 Å². The molecule has 0 unspecified atom stereocenters. The van der Waals surface area contributed by atoms with E-state index in [0.717, 1.165) is 37.5 Å². The molecule has 2 N–H and O–H groups in total. The molecular formula is C19H31NO3. The van der Waals surface area contributed by atoms with Crippen LogP contribution in [-0.4, -0.2) is 46.2 Å². The molecule has 2 bridgehead atoms. The molecule has 4 saturated carbocycles. The summed E-state index contributed by atoms with van der Waals surface area (Å²) in [5.41, 5.74) is 0.236. The number of rotatable bonds is 0. The predicted molar refractivity (Wildman–Crippen MR) is 86.4 cm³/mol. The van der Waals surface area contributed by atoms with Gasteiger partial charge in [0.25, 0.3) is 0 Å². The molecule has 0 amide bonds. The molecule has 0 aromatic heterocycles.